The van der Waals surface area contributed by atoms with E-state index in [1.54, 1.807) is 12.1 Å². The molecule has 2 aromatic carbocycles. The standard InChI is InChI=1S/C13H5F4O.Al.O/c14-9-7-5-3-1-2-4-6(5)13(18)8(7)10(15)12(17)11(9)16;;/h1-4,13H;;/q-1;+1;. The molecule has 0 aromatic heterocycles. The second kappa shape index (κ2) is 4.69. The average molecular weight is 296 g/mol. The summed E-state index contributed by atoms with van der Waals surface area (Å²) >= 11 is -1.73. The van der Waals surface area contributed by atoms with Gasteiger partial charge in [-0.2, -0.15) is 0 Å². The Labute approximate surface area is 117 Å². The molecule has 100 valence electrons. The van der Waals surface area contributed by atoms with Crippen molar-refractivity contribution in [2.45, 2.75) is 6.10 Å². The molecule has 0 saturated heterocycles. The molecule has 0 spiro atoms. The molecule has 20 heavy (non-hydrogen) atoms. The molecule has 7 heteroatoms. The number of benzene rings is 2. The summed E-state index contributed by atoms with van der Waals surface area (Å²) in [4.78, 5) is 0. The average Bonchev–Trinajstić information content (AvgIpc) is 2.78. The first kappa shape index (κ1) is 13.3. The summed E-state index contributed by atoms with van der Waals surface area (Å²) in [6.07, 6.45) is -1.20. The van der Waals surface area contributed by atoms with Crippen LogP contribution in [-0.2, 0) is 7.59 Å². The third-order valence-corrected chi connectivity index (χ3v) is 3.65. The molecule has 1 unspecified atom stereocenters. The van der Waals surface area contributed by atoms with Gasteiger partial charge in [-0.3, -0.25) is 0 Å². The zero-order chi connectivity index (χ0) is 14.4. The van der Waals surface area contributed by atoms with E-state index in [0.29, 0.717) is 5.56 Å². The van der Waals surface area contributed by atoms with Gasteiger partial charge in [0.05, 0.1) is 0 Å². The minimum absolute atomic E-state index is 0.204. The second-order valence-corrected chi connectivity index (χ2v) is 4.71. The molecule has 1 atom stereocenters. The van der Waals surface area contributed by atoms with Crippen molar-refractivity contribution >= 4 is 15.5 Å². The molecule has 0 heterocycles. The molecule has 0 radical (unpaired) electrons. The van der Waals surface area contributed by atoms with Crippen molar-refractivity contribution in [2.75, 3.05) is 0 Å². The van der Waals surface area contributed by atoms with E-state index in [1.165, 1.54) is 12.1 Å². The van der Waals surface area contributed by atoms with Crippen molar-refractivity contribution in [1.82, 2.24) is 0 Å². The van der Waals surface area contributed by atoms with Gasteiger partial charge in [-0.25, -0.2) is 0 Å². The number of hydrogen-bond acceptors (Lipinski definition) is 2. The maximum absolute atomic E-state index is 13.9. The van der Waals surface area contributed by atoms with Gasteiger partial charge in [0, 0.05) is 0 Å². The van der Waals surface area contributed by atoms with E-state index < -0.39 is 50.4 Å². The fraction of sp³-hybridized carbons (Fsp3) is 0.0769. The molecule has 2 nitrogen and oxygen atoms in total. The van der Waals surface area contributed by atoms with Crippen LogP contribution in [0.4, 0.5) is 17.6 Å². The molecule has 1 aliphatic rings. The van der Waals surface area contributed by atoms with Crippen LogP contribution >= 0.6 is 0 Å². The predicted octanol–water partition coefficient (Wildman–Crippen LogP) is 3.29. The third-order valence-electron chi connectivity index (χ3n) is 3.27. The van der Waals surface area contributed by atoms with E-state index in [2.05, 4.69) is 0 Å². The Morgan fingerprint density at radius 1 is 0.950 bits per heavy atom. The third kappa shape index (κ3) is 1.63. The molecule has 3 rings (SSSR count). The van der Waals surface area contributed by atoms with E-state index in [1.807, 2.05) is 0 Å². The van der Waals surface area contributed by atoms with Gasteiger partial charge in [0.25, 0.3) is 0 Å². The molecule has 0 N–H and O–H groups in total. The van der Waals surface area contributed by atoms with Gasteiger partial charge < -0.3 is 0 Å². The maximum atomic E-state index is 13.9. The molecular weight excluding hydrogens is 291 g/mol. The first-order valence-electron chi connectivity index (χ1n) is 5.62. The molecule has 1 aliphatic carbocycles. The fourth-order valence-electron chi connectivity index (χ4n) is 2.46. The number of halogens is 4. The van der Waals surface area contributed by atoms with Crippen molar-refractivity contribution in [3.8, 4) is 11.1 Å². The van der Waals surface area contributed by atoms with Crippen molar-refractivity contribution in [3.63, 3.8) is 0 Å². The van der Waals surface area contributed by atoms with E-state index >= 15 is 0 Å². The predicted molar refractivity (Wildman–Crippen MR) is 61.1 cm³/mol. The van der Waals surface area contributed by atoms with Gasteiger partial charge in [-0.05, 0) is 0 Å². The minimum atomic E-state index is -1.90. The molecule has 2 aromatic rings. The van der Waals surface area contributed by atoms with Gasteiger partial charge in [0.15, 0.2) is 0 Å². The van der Waals surface area contributed by atoms with Crippen LogP contribution in [0.5, 0.6) is 0 Å². The van der Waals surface area contributed by atoms with E-state index in [0.717, 1.165) is 0 Å². The zero-order valence-corrected chi connectivity index (χ0v) is 10.9. The number of rotatable bonds is 2. The topological polar surface area (TPSA) is 26.3 Å². The molecule has 0 amide bonds. The Balaban J connectivity index is 2.41. The van der Waals surface area contributed by atoms with Gasteiger partial charge in [-0.15, -0.1) is 0 Å². The molecule has 0 bridgehead atoms. The SMILES string of the molecule is [O]=[Al][O]C1c2ccccc2-c2c(F)c(F)c(F)c(F)c21. The van der Waals surface area contributed by atoms with Gasteiger partial charge in [0.1, 0.15) is 0 Å². The first-order valence-corrected chi connectivity index (χ1v) is 6.56. The van der Waals surface area contributed by atoms with Crippen molar-refractivity contribution < 1.29 is 25.2 Å². The van der Waals surface area contributed by atoms with Crippen LogP contribution < -0.4 is 0 Å². The summed E-state index contributed by atoms with van der Waals surface area (Å²) in [6.45, 7) is 0. The monoisotopic (exact) mass is 296 g/mol. The van der Waals surface area contributed by atoms with Crippen LogP contribution in [0.25, 0.3) is 11.1 Å². The van der Waals surface area contributed by atoms with Crippen molar-refractivity contribution in [3.05, 3.63) is 58.7 Å². The Morgan fingerprint density at radius 3 is 2.30 bits per heavy atom. The van der Waals surface area contributed by atoms with Crippen LogP contribution in [0.1, 0.15) is 17.2 Å². The van der Waals surface area contributed by atoms with E-state index in [4.69, 9.17) is 3.79 Å². The summed E-state index contributed by atoms with van der Waals surface area (Å²) in [5.41, 5.74) is -0.301. The summed E-state index contributed by atoms with van der Waals surface area (Å²) in [6, 6.07) is 6.08. The Hall–Kier alpha value is -1.71. The van der Waals surface area contributed by atoms with Crippen LogP contribution in [0.15, 0.2) is 24.3 Å². The Bertz CT molecular complexity index is 733. The molecule has 0 aliphatic heterocycles. The molecular formula is C13H5AlF4O2. The summed E-state index contributed by atoms with van der Waals surface area (Å²) < 4.78 is 70.2. The number of hydrogen-bond donors (Lipinski definition) is 0. The zero-order valence-electron chi connectivity index (χ0n) is 9.79. The van der Waals surface area contributed by atoms with Crippen LogP contribution in [0.3, 0.4) is 0 Å². The Morgan fingerprint density at radius 2 is 1.60 bits per heavy atom. The van der Waals surface area contributed by atoms with Gasteiger partial charge in [0.2, 0.25) is 0 Å². The van der Waals surface area contributed by atoms with E-state index in [9.17, 15) is 21.4 Å². The molecule has 0 fully saturated rings. The first-order chi connectivity index (χ1) is 9.57. The summed E-state index contributed by atoms with van der Waals surface area (Å²) in [5.74, 6) is -6.76. The summed E-state index contributed by atoms with van der Waals surface area (Å²) in [7, 11) is 0. The summed E-state index contributed by atoms with van der Waals surface area (Å²) in [5, 5.41) is 0. The normalized spacial score (nSPS) is 15.5. The quantitative estimate of drug-likeness (QED) is 0.368. The fourth-order valence-corrected chi connectivity index (χ4v) is 2.86. The van der Waals surface area contributed by atoms with Crippen molar-refractivity contribution in [1.29, 1.82) is 0 Å². The Kier molecular flexibility index (Phi) is 3.11. The van der Waals surface area contributed by atoms with Crippen LogP contribution in [0, 0.1) is 23.3 Å². The second-order valence-electron chi connectivity index (χ2n) is 4.24. The number of fused-ring (bicyclic) bond motifs is 3. The van der Waals surface area contributed by atoms with E-state index in [-0.39, 0.29) is 11.1 Å². The molecule has 0 saturated carbocycles. The van der Waals surface area contributed by atoms with Crippen LogP contribution in [-0.4, -0.2) is 15.5 Å². The van der Waals surface area contributed by atoms with Crippen LogP contribution in [0.2, 0.25) is 0 Å². The van der Waals surface area contributed by atoms with Gasteiger partial charge >= 0.3 is 117 Å². The van der Waals surface area contributed by atoms with Gasteiger partial charge in [-0.1, -0.05) is 0 Å². The van der Waals surface area contributed by atoms with Crippen molar-refractivity contribution in [2.24, 2.45) is 0 Å².